The summed E-state index contributed by atoms with van der Waals surface area (Å²) in [6.45, 7) is 1.03. The monoisotopic (exact) mass is 585 g/mol. The normalized spacial score (nSPS) is 27.1. The van der Waals surface area contributed by atoms with Crippen LogP contribution in [0.1, 0.15) is 68.9 Å². The van der Waals surface area contributed by atoms with E-state index in [1.54, 1.807) is 35.2 Å². The number of fused-ring (bicyclic) bond motifs is 3. The number of hydrogen-bond donors (Lipinski definition) is 0. The standard InChI is InChI=1S/C31H39NO6S2/c33-30(24-15-19-39(34,35)20-16-24)32-18-17-31(40(36,37)27-9-5-2-6-10-27)28-13-12-26(21-25(28)11-14-29(31)32)38-22-23-7-3-1-4-8-23/h2,5-6,9-10,12-13,21,23-24,29H,1,3-4,7-8,11,14-20,22H2/t29-,31-/m1/s1. The lowest BCUT2D eigenvalue weighted by Gasteiger charge is -2.43. The Morgan fingerprint density at radius 3 is 2.40 bits per heavy atom. The molecule has 6 rings (SSSR count). The fraction of sp³-hybridized carbons (Fsp3) is 0.581. The molecule has 1 amide bonds. The van der Waals surface area contributed by atoms with Gasteiger partial charge in [-0.1, -0.05) is 43.5 Å². The average molecular weight is 586 g/mol. The molecule has 2 aromatic carbocycles. The molecule has 2 aliphatic carbocycles. The number of nitrogens with zero attached hydrogens (tertiary/aromatic N) is 1. The molecule has 3 fully saturated rings. The second-order valence-corrected chi connectivity index (χ2v) is 16.6. The first kappa shape index (κ1) is 27.8. The minimum absolute atomic E-state index is 0.0157. The number of carbonyl (C=O) groups excluding carboxylic acids is 1. The predicted octanol–water partition coefficient (Wildman–Crippen LogP) is 4.69. The summed E-state index contributed by atoms with van der Waals surface area (Å²) < 4.78 is 58.1. The van der Waals surface area contributed by atoms with Crippen LogP contribution in [-0.4, -0.2) is 58.3 Å². The maximum Gasteiger partial charge on any atom is 0.226 e. The van der Waals surface area contributed by atoms with Crippen molar-refractivity contribution < 1.29 is 26.4 Å². The lowest BCUT2D eigenvalue weighted by Crippen LogP contribution is -2.53. The number of sulfone groups is 2. The lowest BCUT2D eigenvalue weighted by molar-refractivity contribution is -0.137. The predicted molar refractivity (Wildman–Crippen MR) is 154 cm³/mol. The number of likely N-dealkylation sites (tertiary alicyclic amines) is 1. The quantitative estimate of drug-likeness (QED) is 0.488. The maximum absolute atomic E-state index is 14.6. The molecule has 0 spiro atoms. The molecule has 40 heavy (non-hydrogen) atoms. The van der Waals surface area contributed by atoms with Crippen LogP contribution in [0, 0.1) is 11.8 Å². The van der Waals surface area contributed by atoms with Crippen LogP contribution in [0.2, 0.25) is 0 Å². The number of rotatable bonds is 6. The van der Waals surface area contributed by atoms with Crippen molar-refractivity contribution in [3.8, 4) is 5.75 Å². The fourth-order valence-corrected chi connectivity index (χ4v) is 11.5. The van der Waals surface area contributed by atoms with Crippen molar-refractivity contribution in [3.63, 3.8) is 0 Å². The maximum atomic E-state index is 14.6. The highest BCUT2D eigenvalue weighted by Gasteiger charge is 2.61. The molecule has 2 saturated heterocycles. The van der Waals surface area contributed by atoms with E-state index in [2.05, 4.69) is 0 Å². The summed E-state index contributed by atoms with van der Waals surface area (Å²) in [5.74, 6) is 0.910. The van der Waals surface area contributed by atoms with Gasteiger partial charge in [0.25, 0.3) is 0 Å². The van der Waals surface area contributed by atoms with E-state index in [9.17, 15) is 21.6 Å². The van der Waals surface area contributed by atoms with Crippen molar-refractivity contribution in [1.29, 1.82) is 0 Å². The molecular weight excluding hydrogens is 546 g/mol. The van der Waals surface area contributed by atoms with Crippen molar-refractivity contribution in [2.24, 2.45) is 11.8 Å². The fourth-order valence-electron chi connectivity index (χ4n) is 7.61. The van der Waals surface area contributed by atoms with Crippen LogP contribution in [0.5, 0.6) is 5.75 Å². The number of hydrogen-bond acceptors (Lipinski definition) is 6. The second-order valence-electron chi connectivity index (χ2n) is 12.1. The van der Waals surface area contributed by atoms with Gasteiger partial charge in [-0.2, -0.15) is 0 Å². The molecule has 0 N–H and O–H groups in total. The van der Waals surface area contributed by atoms with Gasteiger partial charge in [0.05, 0.1) is 29.0 Å². The van der Waals surface area contributed by atoms with Gasteiger partial charge in [-0.15, -0.1) is 0 Å². The van der Waals surface area contributed by atoms with Crippen molar-refractivity contribution in [1.82, 2.24) is 4.90 Å². The average Bonchev–Trinajstić information content (AvgIpc) is 3.38. The van der Waals surface area contributed by atoms with Crippen molar-refractivity contribution in [3.05, 3.63) is 59.7 Å². The summed E-state index contributed by atoms with van der Waals surface area (Å²) in [4.78, 5) is 15.8. The zero-order valence-electron chi connectivity index (χ0n) is 23.0. The van der Waals surface area contributed by atoms with Crippen molar-refractivity contribution >= 4 is 25.6 Å². The third-order valence-electron chi connectivity index (χ3n) is 9.79. The number of carbonyl (C=O) groups is 1. The minimum atomic E-state index is -3.86. The Bertz CT molecular complexity index is 1450. The number of aryl methyl sites for hydroxylation is 1. The first-order valence-corrected chi connectivity index (χ1v) is 18.1. The van der Waals surface area contributed by atoms with Crippen LogP contribution in [0.15, 0.2) is 53.4 Å². The van der Waals surface area contributed by atoms with Crippen molar-refractivity contribution in [2.75, 3.05) is 24.7 Å². The third-order valence-corrected chi connectivity index (χ3v) is 14.1. The summed E-state index contributed by atoms with van der Waals surface area (Å²) in [5.41, 5.74) is 1.76. The van der Waals surface area contributed by atoms with E-state index < -0.39 is 30.5 Å². The van der Waals surface area contributed by atoms with Crippen LogP contribution < -0.4 is 4.74 Å². The Morgan fingerprint density at radius 1 is 0.950 bits per heavy atom. The molecular formula is C31H39NO6S2. The number of amides is 1. The Hall–Kier alpha value is -2.39. The molecule has 9 heteroatoms. The van der Waals surface area contributed by atoms with E-state index in [0.29, 0.717) is 51.2 Å². The van der Waals surface area contributed by atoms with Gasteiger partial charge >= 0.3 is 0 Å². The summed E-state index contributed by atoms with van der Waals surface area (Å²) in [5, 5.41) is 0. The van der Waals surface area contributed by atoms with E-state index in [-0.39, 0.29) is 28.2 Å². The Kier molecular flexibility index (Phi) is 7.49. The topological polar surface area (TPSA) is 97.8 Å². The SMILES string of the molecule is O=C(C1CCS(=O)(=O)CC1)N1CC[C@@]2(S(=O)(=O)c3ccccc3)c3ccc(OCC4CCCCC4)cc3CC[C@@H]12. The van der Waals surface area contributed by atoms with E-state index in [1.807, 2.05) is 18.2 Å². The minimum Gasteiger partial charge on any atom is -0.493 e. The molecule has 0 bridgehead atoms. The summed E-state index contributed by atoms with van der Waals surface area (Å²) in [6.07, 6.45) is 8.34. The molecule has 2 heterocycles. The number of benzene rings is 2. The van der Waals surface area contributed by atoms with Crippen molar-refractivity contribution in [2.45, 2.75) is 79.9 Å². The summed E-state index contributed by atoms with van der Waals surface area (Å²) in [6, 6.07) is 13.9. The zero-order chi connectivity index (χ0) is 28.0. The molecule has 0 unspecified atom stereocenters. The highest BCUT2D eigenvalue weighted by Crippen LogP contribution is 2.53. The molecule has 7 nitrogen and oxygen atoms in total. The third kappa shape index (κ3) is 4.87. The Morgan fingerprint density at radius 2 is 1.68 bits per heavy atom. The van der Waals surface area contributed by atoms with Gasteiger partial charge in [-0.3, -0.25) is 4.79 Å². The van der Waals surface area contributed by atoms with Crippen LogP contribution in [-0.2, 0) is 35.6 Å². The molecule has 2 aliphatic heterocycles. The van der Waals surface area contributed by atoms with Gasteiger partial charge < -0.3 is 9.64 Å². The smallest absolute Gasteiger partial charge is 0.226 e. The Labute approximate surface area is 238 Å². The molecule has 1 saturated carbocycles. The largest absolute Gasteiger partial charge is 0.493 e. The van der Waals surface area contributed by atoms with Crippen LogP contribution >= 0.6 is 0 Å². The summed E-state index contributed by atoms with van der Waals surface area (Å²) in [7, 11) is -6.96. The lowest BCUT2D eigenvalue weighted by atomic mass is 9.78. The Balaban J connectivity index is 1.34. The van der Waals surface area contributed by atoms with Crippen LogP contribution in [0.4, 0.5) is 0 Å². The van der Waals surface area contributed by atoms with Crippen LogP contribution in [0.25, 0.3) is 0 Å². The van der Waals surface area contributed by atoms with Gasteiger partial charge in [0.2, 0.25) is 5.91 Å². The van der Waals surface area contributed by atoms with E-state index in [0.717, 1.165) is 16.9 Å². The highest BCUT2D eigenvalue weighted by atomic mass is 32.2. The first-order chi connectivity index (χ1) is 19.2. The first-order valence-electron chi connectivity index (χ1n) is 14.8. The van der Waals surface area contributed by atoms with E-state index in [4.69, 9.17) is 4.74 Å². The van der Waals surface area contributed by atoms with E-state index in [1.165, 1.54) is 32.1 Å². The van der Waals surface area contributed by atoms with Gasteiger partial charge in [-0.25, -0.2) is 16.8 Å². The van der Waals surface area contributed by atoms with Gasteiger partial charge in [0, 0.05) is 12.5 Å². The molecule has 0 radical (unpaired) electrons. The molecule has 2 atom stereocenters. The second kappa shape index (κ2) is 10.8. The van der Waals surface area contributed by atoms with Gasteiger partial charge in [0.15, 0.2) is 9.84 Å². The zero-order valence-corrected chi connectivity index (χ0v) is 24.6. The van der Waals surface area contributed by atoms with E-state index >= 15 is 0 Å². The molecule has 2 aromatic rings. The molecule has 4 aliphatic rings. The van der Waals surface area contributed by atoms with Crippen LogP contribution in [0.3, 0.4) is 0 Å². The van der Waals surface area contributed by atoms with Gasteiger partial charge in [0.1, 0.15) is 20.3 Å². The molecule has 0 aromatic heterocycles. The molecule has 216 valence electrons. The summed E-state index contributed by atoms with van der Waals surface area (Å²) >= 11 is 0. The number of ether oxygens (including phenoxy) is 1. The highest BCUT2D eigenvalue weighted by molar-refractivity contribution is 7.92. The van der Waals surface area contributed by atoms with Gasteiger partial charge in [-0.05, 0) is 86.3 Å².